The number of nitrogens with zero attached hydrogens (tertiary/aromatic N) is 4. The molecule has 6 nitrogen and oxygen atoms in total. The third kappa shape index (κ3) is 3.91. The molecule has 0 spiro atoms. The van der Waals surface area contributed by atoms with Gasteiger partial charge in [0.1, 0.15) is 17.9 Å². The van der Waals surface area contributed by atoms with E-state index in [0.717, 1.165) is 10.3 Å². The van der Waals surface area contributed by atoms with Crippen molar-refractivity contribution in [3.8, 4) is 11.1 Å². The molecule has 1 N–H and O–H groups in total. The summed E-state index contributed by atoms with van der Waals surface area (Å²) in [7, 11) is 0. The molecule has 2 aromatic carbocycles. The van der Waals surface area contributed by atoms with Gasteiger partial charge in [0, 0.05) is 64.4 Å². The van der Waals surface area contributed by atoms with Gasteiger partial charge in [0.05, 0.1) is 10.5 Å². The molecule has 0 saturated carbocycles. The molecule has 5 rings (SSSR count). The van der Waals surface area contributed by atoms with Crippen molar-refractivity contribution in [1.29, 1.82) is 0 Å². The molecule has 1 fully saturated rings. The van der Waals surface area contributed by atoms with Crippen molar-refractivity contribution in [2.24, 2.45) is 0 Å². The van der Waals surface area contributed by atoms with Gasteiger partial charge < -0.3 is 10.0 Å². The Kier molecular flexibility index (Phi) is 6.37. The smallest absolute Gasteiger partial charge is 0.350 e. The van der Waals surface area contributed by atoms with E-state index in [0.29, 0.717) is 64.4 Å². The van der Waals surface area contributed by atoms with Gasteiger partial charge >= 0.3 is 5.69 Å². The summed E-state index contributed by atoms with van der Waals surface area (Å²) in [6.45, 7) is 7.95. The van der Waals surface area contributed by atoms with E-state index < -0.39 is 12.0 Å². The number of hydrogen-bond acceptors (Lipinski definition) is 6. The van der Waals surface area contributed by atoms with Crippen LogP contribution in [0.15, 0.2) is 46.6 Å². The van der Waals surface area contributed by atoms with Gasteiger partial charge in [-0.25, -0.2) is 9.18 Å². The second-order valence-electron chi connectivity index (χ2n) is 8.49. The van der Waals surface area contributed by atoms with Gasteiger partial charge in [-0.1, -0.05) is 29.8 Å². The van der Waals surface area contributed by atoms with Crippen LogP contribution in [0.2, 0.25) is 10.0 Å². The van der Waals surface area contributed by atoms with Crippen molar-refractivity contribution in [3.63, 3.8) is 0 Å². The first kappa shape index (κ1) is 23.6. The quantitative estimate of drug-likeness (QED) is 0.506. The van der Waals surface area contributed by atoms with Crippen LogP contribution in [0.1, 0.15) is 6.92 Å². The predicted molar refractivity (Wildman–Crippen MR) is 137 cm³/mol. The SMILES string of the molecule is C=CC(O)N1CCN(c2nc(=O)n3c4c(c(-c5cc(Cl)ccc5F)c(Cl)cc24)SCC3)[C@@H](C)C1. The van der Waals surface area contributed by atoms with Crippen LogP contribution in [-0.2, 0) is 6.54 Å². The van der Waals surface area contributed by atoms with Crippen molar-refractivity contribution >= 4 is 51.7 Å². The van der Waals surface area contributed by atoms with Crippen molar-refractivity contribution in [2.75, 3.05) is 30.3 Å². The Labute approximate surface area is 210 Å². The molecular formula is C24H23Cl2FN4O2S. The number of hydrogen-bond donors (Lipinski definition) is 1. The van der Waals surface area contributed by atoms with Gasteiger partial charge in [-0.15, -0.1) is 11.8 Å². The standard InChI is InChI=1S/C24H23Cl2FN4O2S/c1-3-19(32)29-6-7-30(13(2)12-29)23-16-11-17(26)20(15-10-14(25)4-5-18(15)27)22-21(16)31(8-9-34-22)24(33)28-23/h3-5,10-11,13,19,32H,1,6-9,12H2,2H3/t13-,19?/m0/s1. The van der Waals surface area contributed by atoms with Gasteiger partial charge in [-0.3, -0.25) is 9.47 Å². The lowest BCUT2D eigenvalue weighted by atomic mass is 10.0. The van der Waals surface area contributed by atoms with Crippen LogP contribution in [0.25, 0.3) is 22.0 Å². The highest BCUT2D eigenvalue weighted by atomic mass is 35.5. The minimum atomic E-state index is -0.722. The maximum atomic E-state index is 14.9. The third-order valence-electron chi connectivity index (χ3n) is 6.43. The highest BCUT2D eigenvalue weighted by Gasteiger charge is 2.31. The number of anilines is 1. The van der Waals surface area contributed by atoms with Gasteiger partial charge in [0.25, 0.3) is 0 Å². The molecule has 2 atom stereocenters. The van der Waals surface area contributed by atoms with E-state index in [2.05, 4.69) is 16.5 Å². The topological polar surface area (TPSA) is 61.6 Å². The lowest BCUT2D eigenvalue weighted by molar-refractivity contribution is 0.0296. The number of aliphatic hydroxyl groups is 1. The summed E-state index contributed by atoms with van der Waals surface area (Å²) in [5.41, 5.74) is 1.22. The molecule has 3 aromatic rings. The Morgan fingerprint density at radius 2 is 2.09 bits per heavy atom. The van der Waals surface area contributed by atoms with E-state index in [-0.39, 0.29) is 11.7 Å². The van der Waals surface area contributed by atoms with Crippen LogP contribution in [0, 0.1) is 5.82 Å². The number of aromatic nitrogens is 2. The summed E-state index contributed by atoms with van der Waals surface area (Å²) in [6.07, 6.45) is 0.781. The van der Waals surface area contributed by atoms with Crippen molar-refractivity contribution < 1.29 is 9.50 Å². The molecule has 0 aliphatic carbocycles. The lowest BCUT2D eigenvalue weighted by Crippen LogP contribution is -2.55. The number of aryl methyl sites for hydroxylation is 1. The third-order valence-corrected chi connectivity index (χ3v) is 8.03. The molecule has 2 aliphatic rings. The van der Waals surface area contributed by atoms with Crippen LogP contribution in [0.5, 0.6) is 0 Å². The van der Waals surface area contributed by atoms with Gasteiger partial charge in [0.2, 0.25) is 0 Å². The first-order valence-corrected chi connectivity index (χ1v) is 12.7. The van der Waals surface area contributed by atoms with Crippen LogP contribution < -0.4 is 10.6 Å². The van der Waals surface area contributed by atoms with E-state index in [9.17, 15) is 14.3 Å². The maximum Gasteiger partial charge on any atom is 0.350 e. The Bertz CT molecular complexity index is 1370. The highest BCUT2D eigenvalue weighted by molar-refractivity contribution is 7.99. The Hall–Kier alpha value is -2.10. The van der Waals surface area contributed by atoms with E-state index in [1.165, 1.54) is 18.2 Å². The monoisotopic (exact) mass is 520 g/mol. The number of benzene rings is 2. The molecule has 1 unspecified atom stereocenters. The molecule has 10 heteroatoms. The molecule has 1 aromatic heterocycles. The fourth-order valence-corrected chi connectivity index (χ4v) is 6.53. The van der Waals surface area contributed by atoms with Crippen molar-refractivity contribution in [1.82, 2.24) is 14.5 Å². The Morgan fingerprint density at radius 1 is 1.29 bits per heavy atom. The molecule has 34 heavy (non-hydrogen) atoms. The molecule has 1 saturated heterocycles. The van der Waals surface area contributed by atoms with Gasteiger partial charge in [-0.05, 0) is 37.3 Å². The summed E-state index contributed by atoms with van der Waals surface area (Å²) in [5, 5.41) is 11.7. The van der Waals surface area contributed by atoms with E-state index in [1.54, 1.807) is 28.5 Å². The fraction of sp³-hybridized carbons (Fsp3) is 0.333. The van der Waals surface area contributed by atoms with E-state index >= 15 is 0 Å². The summed E-state index contributed by atoms with van der Waals surface area (Å²) in [5.74, 6) is 0.773. The average molecular weight is 521 g/mol. The second kappa shape index (κ2) is 9.17. The molecule has 0 radical (unpaired) electrons. The van der Waals surface area contributed by atoms with Gasteiger partial charge in [-0.2, -0.15) is 4.98 Å². The lowest BCUT2D eigenvalue weighted by Gasteiger charge is -2.42. The summed E-state index contributed by atoms with van der Waals surface area (Å²) in [4.78, 5) is 22.3. The van der Waals surface area contributed by atoms with Crippen molar-refractivity contribution in [3.05, 3.63) is 63.3 Å². The largest absolute Gasteiger partial charge is 0.375 e. The average Bonchev–Trinajstić information content (AvgIpc) is 2.82. The molecule has 3 heterocycles. The van der Waals surface area contributed by atoms with Gasteiger partial charge in [0.15, 0.2) is 0 Å². The minimum absolute atomic E-state index is 0.0165. The van der Waals surface area contributed by atoms with Crippen molar-refractivity contribution in [2.45, 2.75) is 30.6 Å². The zero-order valence-electron chi connectivity index (χ0n) is 18.5. The van der Waals surface area contributed by atoms with E-state index in [4.69, 9.17) is 23.2 Å². The van der Waals surface area contributed by atoms with Crippen LogP contribution in [-0.4, -0.2) is 57.2 Å². The van der Waals surface area contributed by atoms with Crippen LogP contribution >= 0.6 is 35.0 Å². The maximum absolute atomic E-state index is 14.9. The normalized spacial score (nSPS) is 19.4. The van der Waals surface area contributed by atoms with Crippen LogP contribution in [0.4, 0.5) is 10.2 Å². The molecule has 178 valence electrons. The molecular weight excluding hydrogens is 498 g/mol. The first-order chi connectivity index (χ1) is 16.3. The predicted octanol–water partition coefficient (Wildman–Crippen LogP) is 4.63. The first-order valence-electron chi connectivity index (χ1n) is 11.0. The zero-order valence-corrected chi connectivity index (χ0v) is 20.8. The number of rotatable bonds is 4. The summed E-state index contributed by atoms with van der Waals surface area (Å²) < 4.78 is 16.5. The minimum Gasteiger partial charge on any atom is -0.375 e. The molecule has 0 bridgehead atoms. The highest BCUT2D eigenvalue weighted by Crippen LogP contribution is 2.46. The second-order valence-corrected chi connectivity index (χ2v) is 10.4. The number of piperazine rings is 1. The summed E-state index contributed by atoms with van der Waals surface area (Å²) in [6, 6.07) is 6.14. The molecule has 2 aliphatic heterocycles. The Balaban J connectivity index is 1.71. The summed E-state index contributed by atoms with van der Waals surface area (Å²) >= 11 is 14.5. The Morgan fingerprint density at radius 3 is 2.82 bits per heavy atom. The number of thioether (sulfide) groups is 1. The number of halogens is 3. The fourth-order valence-electron chi connectivity index (χ4n) is 4.80. The number of aliphatic hydroxyl groups excluding tert-OH is 1. The van der Waals surface area contributed by atoms with E-state index in [1.807, 2.05) is 11.8 Å². The van der Waals surface area contributed by atoms with Crippen LogP contribution in [0.3, 0.4) is 0 Å². The zero-order chi connectivity index (χ0) is 24.1. The molecule has 0 amide bonds.